The molecule has 1 amide bonds. The fourth-order valence-corrected chi connectivity index (χ4v) is 2.85. The van der Waals surface area contributed by atoms with E-state index in [0.717, 1.165) is 52.0 Å². The van der Waals surface area contributed by atoms with E-state index in [9.17, 15) is 4.79 Å². The number of hydrogen-bond donors (Lipinski definition) is 1. The number of amides is 1. The lowest BCUT2D eigenvalue weighted by Crippen LogP contribution is -2.40. The van der Waals surface area contributed by atoms with E-state index in [1.165, 1.54) is 0 Å². The lowest BCUT2D eigenvalue weighted by Gasteiger charge is -2.29. The minimum Gasteiger partial charge on any atom is -0.381 e. The van der Waals surface area contributed by atoms with Gasteiger partial charge in [0.1, 0.15) is 0 Å². The van der Waals surface area contributed by atoms with E-state index >= 15 is 0 Å². The second kappa shape index (κ2) is 10.1. The van der Waals surface area contributed by atoms with Gasteiger partial charge in [-0.25, -0.2) is 0 Å². The molecule has 1 heterocycles. The quantitative estimate of drug-likeness (QED) is 0.678. The molecule has 0 aliphatic carbocycles. The molecule has 0 aromatic carbocycles. The third-order valence-corrected chi connectivity index (χ3v) is 4.04. The Balaban J connectivity index is 2.39. The van der Waals surface area contributed by atoms with Crippen LogP contribution < -0.4 is 5.73 Å². The van der Waals surface area contributed by atoms with Gasteiger partial charge in [0.25, 0.3) is 0 Å². The number of rotatable bonds is 8. The van der Waals surface area contributed by atoms with Crippen molar-refractivity contribution in [3.8, 4) is 0 Å². The topological polar surface area (TPSA) is 58.8 Å². The van der Waals surface area contributed by atoms with Crippen molar-refractivity contribution in [1.82, 2.24) is 9.80 Å². The van der Waals surface area contributed by atoms with Crippen LogP contribution >= 0.6 is 0 Å². The SMILES string of the molecule is CCOCCC(=O)N1CCCN(C(CC)CCN)CC1. The first-order valence-corrected chi connectivity index (χ1v) is 8.02. The highest BCUT2D eigenvalue weighted by Crippen LogP contribution is 2.13. The molecule has 1 atom stereocenters. The third-order valence-electron chi connectivity index (χ3n) is 4.04. The van der Waals surface area contributed by atoms with Crippen molar-refractivity contribution in [2.45, 2.75) is 45.6 Å². The minimum absolute atomic E-state index is 0.229. The van der Waals surface area contributed by atoms with Gasteiger partial charge in [-0.05, 0) is 32.7 Å². The predicted octanol–water partition coefficient (Wildman–Crippen LogP) is 1.07. The van der Waals surface area contributed by atoms with Crippen molar-refractivity contribution in [2.24, 2.45) is 5.73 Å². The predicted molar refractivity (Wildman–Crippen MR) is 81.6 cm³/mol. The van der Waals surface area contributed by atoms with Crippen LogP contribution in [0.15, 0.2) is 0 Å². The molecule has 2 N–H and O–H groups in total. The zero-order valence-corrected chi connectivity index (χ0v) is 13.1. The number of carbonyl (C=O) groups excluding carboxylic acids is 1. The molecule has 118 valence electrons. The Kier molecular flexibility index (Phi) is 8.82. The lowest BCUT2D eigenvalue weighted by molar-refractivity contribution is -0.132. The van der Waals surface area contributed by atoms with Gasteiger partial charge in [0.15, 0.2) is 0 Å². The highest BCUT2D eigenvalue weighted by Gasteiger charge is 2.22. The highest BCUT2D eigenvalue weighted by atomic mass is 16.5. The molecule has 5 heteroatoms. The van der Waals surface area contributed by atoms with E-state index in [-0.39, 0.29) is 5.91 Å². The first-order valence-electron chi connectivity index (χ1n) is 8.02. The Hall–Kier alpha value is -0.650. The van der Waals surface area contributed by atoms with Gasteiger partial charge in [-0.1, -0.05) is 6.92 Å². The summed E-state index contributed by atoms with van der Waals surface area (Å²) >= 11 is 0. The van der Waals surface area contributed by atoms with E-state index < -0.39 is 0 Å². The molecule has 1 fully saturated rings. The number of ether oxygens (including phenoxy) is 1. The van der Waals surface area contributed by atoms with Crippen LogP contribution in [0.1, 0.15) is 39.5 Å². The van der Waals surface area contributed by atoms with E-state index in [2.05, 4.69) is 11.8 Å². The Morgan fingerprint density at radius 2 is 2.05 bits per heavy atom. The Morgan fingerprint density at radius 3 is 2.70 bits per heavy atom. The Morgan fingerprint density at radius 1 is 1.25 bits per heavy atom. The maximum Gasteiger partial charge on any atom is 0.224 e. The number of carbonyl (C=O) groups is 1. The van der Waals surface area contributed by atoms with Crippen LogP contribution in [0, 0.1) is 0 Å². The van der Waals surface area contributed by atoms with Gasteiger partial charge in [0.05, 0.1) is 13.0 Å². The molecule has 0 bridgehead atoms. The molecule has 0 aromatic heterocycles. The normalized spacial score (nSPS) is 18.9. The number of hydrogen-bond acceptors (Lipinski definition) is 4. The fourth-order valence-electron chi connectivity index (χ4n) is 2.85. The van der Waals surface area contributed by atoms with E-state index in [1.807, 2.05) is 11.8 Å². The summed E-state index contributed by atoms with van der Waals surface area (Å²) in [5, 5.41) is 0. The summed E-state index contributed by atoms with van der Waals surface area (Å²) in [6.45, 7) is 9.90. The fraction of sp³-hybridized carbons (Fsp3) is 0.933. The molecular formula is C15H31N3O2. The molecule has 0 radical (unpaired) electrons. The first-order chi connectivity index (χ1) is 9.72. The largest absolute Gasteiger partial charge is 0.381 e. The van der Waals surface area contributed by atoms with Crippen LogP contribution in [0.4, 0.5) is 0 Å². The van der Waals surface area contributed by atoms with Crippen LogP contribution in [-0.4, -0.2) is 67.7 Å². The summed E-state index contributed by atoms with van der Waals surface area (Å²) in [5.41, 5.74) is 5.69. The molecule has 5 nitrogen and oxygen atoms in total. The average Bonchev–Trinajstić information content (AvgIpc) is 2.71. The van der Waals surface area contributed by atoms with Gasteiger partial charge >= 0.3 is 0 Å². The smallest absolute Gasteiger partial charge is 0.224 e. The van der Waals surface area contributed by atoms with Gasteiger partial charge < -0.3 is 15.4 Å². The summed E-state index contributed by atoms with van der Waals surface area (Å²) < 4.78 is 5.26. The summed E-state index contributed by atoms with van der Waals surface area (Å²) in [7, 11) is 0. The van der Waals surface area contributed by atoms with Crippen LogP contribution in [0.3, 0.4) is 0 Å². The van der Waals surface area contributed by atoms with E-state index in [4.69, 9.17) is 10.5 Å². The summed E-state index contributed by atoms with van der Waals surface area (Å²) in [4.78, 5) is 16.6. The summed E-state index contributed by atoms with van der Waals surface area (Å²) in [6.07, 6.45) is 3.75. The molecule has 1 rings (SSSR count). The van der Waals surface area contributed by atoms with Gasteiger partial charge in [-0.2, -0.15) is 0 Å². The third kappa shape index (κ3) is 5.77. The van der Waals surface area contributed by atoms with E-state index in [1.54, 1.807) is 0 Å². The van der Waals surface area contributed by atoms with Crippen molar-refractivity contribution in [1.29, 1.82) is 0 Å². The van der Waals surface area contributed by atoms with Gasteiger partial charge in [-0.3, -0.25) is 9.69 Å². The second-order valence-corrected chi connectivity index (χ2v) is 5.36. The van der Waals surface area contributed by atoms with Crippen LogP contribution in [0.25, 0.3) is 0 Å². The van der Waals surface area contributed by atoms with Crippen molar-refractivity contribution >= 4 is 5.91 Å². The maximum absolute atomic E-state index is 12.1. The number of nitrogens with zero attached hydrogens (tertiary/aromatic N) is 2. The van der Waals surface area contributed by atoms with Crippen molar-refractivity contribution in [2.75, 3.05) is 45.9 Å². The van der Waals surface area contributed by atoms with Crippen LogP contribution in [0.5, 0.6) is 0 Å². The monoisotopic (exact) mass is 285 g/mol. The van der Waals surface area contributed by atoms with Gasteiger partial charge in [0, 0.05) is 38.8 Å². The molecule has 0 spiro atoms. The number of nitrogens with two attached hydrogens (primary N) is 1. The standard InChI is InChI=1S/C15H31N3O2/c1-3-14(6-8-16)17-9-5-10-18(12-11-17)15(19)7-13-20-4-2/h14H,3-13,16H2,1-2H3. The Labute approximate surface area is 123 Å². The molecule has 1 aliphatic rings. The van der Waals surface area contributed by atoms with Gasteiger partial charge in [0.2, 0.25) is 5.91 Å². The molecule has 0 saturated carbocycles. The minimum atomic E-state index is 0.229. The van der Waals surface area contributed by atoms with E-state index in [0.29, 0.717) is 25.7 Å². The highest BCUT2D eigenvalue weighted by molar-refractivity contribution is 5.76. The lowest BCUT2D eigenvalue weighted by atomic mass is 10.1. The van der Waals surface area contributed by atoms with Crippen molar-refractivity contribution in [3.63, 3.8) is 0 Å². The molecule has 0 aromatic rings. The zero-order chi connectivity index (χ0) is 14.8. The molecule has 20 heavy (non-hydrogen) atoms. The summed E-state index contributed by atoms with van der Waals surface area (Å²) in [6, 6.07) is 0.568. The molecule has 1 aliphatic heterocycles. The van der Waals surface area contributed by atoms with Crippen LogP contribution in [-0.2, 0) is 9.53 Å². The second-order valence-electron chi connectivity index (χ2n) is 5.36. The Bertz CT molecular complexity index is 274. The molecule has 1 unspecified atom stereocenters. The molecule has 1 saturated heterocycles. The zero-order valence-electron chi connectivity index (χ0n) is 13.1. The van der Waals surface area contributed by atoms with Crippen molar-refractivity contribution < 1.29 is 9.53 Å². The summed E-state index contributed by atoms with van der Waals surface area (Å²) in [5.74, 6) is 0.229. The van der Waals surface area contributed by atoms with Crippen molar-refractivity contribution in [3.05, 3.63) is 0 Å². The first kappa shape index (κ1) is 17.4. The average molecular weight is 285 g/mol. The van der Waals surface area contributed by atoms with Crippen LogP contribution in [0.2, 0.25) is 0 Å². The molecular weight excluding hydrogens is 254 g/mol. The van der Waals surface area contributed by atoms with Gasteiger partial charge in [-0.15, -0.1) is 0 Å². The maximum atomic E-state index is 12.1.